The fourth-order valence-electron chi connectivity index (χ4n) is 0.532. The van der Waals surface area contributed by atoms with Crippen LogP contribution in [0.3, 0.4) is 0 Å². The minimum atomic E-state index is 1.04. The smallest absolute Gasteiger partial charge is 0.113 e. The average Bonchev–Trinajstić information content (AvgIpc) is 2.17. The molecule has 0 amide bonds. The van der Waals surface area contributed by atoms with Crippen molar-refractivity contribution >= 4 is 16.5 Å². The van der Waals surface area contributed by atoms with Gasteiger partial charge in [0.15, 0.2) is 0 Å². The summed E-state index contributed by atoms with van der Waals surface area (Å²) in [5, 5.41) is 3.99. The van der Waals surface area contributed by atoms with E-state index < -0.39 is 0 Å². The van der Waals surface area contributed by atoms with Crippen molar-refractivity contribution in [2.75, 3.05) is 5.32 Å². The van der Waals surface area contributed by atoms with E-state index in [0.717, 1.165) is 10.7 Å². The normalized spacial score (nSPS) is 9.00. The van der Waals surface area contributed by atoms with Crippen LogP contribution in [0.15, 0.2) is 18.8 Å². The largest absolute Gasteiger partial charge is 0.353 e. The molecule has 0 aliphatic rings. The molecule has 0 saturated carbocycles. The molecule has 1 rings (SSSR count). The molecule has 0 atom stereocenters. The van der Waals surface area contributed by atoms with Gasteiger partial charge in [-0.05, 0) is 30.7 Å². The molecule has 1 aromatic rings. The van der Waals surface area contributed by atoms with Crippen molar-refractivity contribution in [2.24, 2.45) is 0 Å². The highest BCUT2D eigenvalue weighted by Crippen LogP contribution is 2.14. The van der Waals surface area contributed by atoms with E-state index >= 15 is 0 Å². The van der Waals surface area contributed by atoms with Crippen molar-refractivity contribution in [3.63, 3.8) is 0 Å². The molecule has 0 aliphatic heterocycles. The molecule has 1 heterocycles. The van der Waals surface area contributed by atoms with Crippen LogP contribution in [0.25, 0.3) is 0 Å². The monoisotopic (exact) mass is 140 g/mol. The number of hydrogen-bond acceptors (Lipinski definition) is 3. The van der Waals surface area contributed by atoms with Crippen molar-refractivity contribution in [1.82, 2.24) is 4.37 Å². The lowest BCUT2D eigenvalue weighted by Crippen LogP contribution is -1.78. The Hall–Kier alpha value is -0.830. The van der Waals surface area contributed by atoms with Gasteiger partial charge in [0.2, 0.25) is 0 Å². The van der Waals surface area contributed by atoms with Gasteiger partial charge in [-0.1, -0.05) is 6.58 Å². The number of nitrogens with zero attached hydrogens (tertiary/aromatic N) is 1. The first-order valence-electron chi connectivity index (χ1n) is 2.63. The lowest BCUT2D eigenvalue weighted by molar-refractivity contribution is 1.35. The molecule has 1 N–H and O–H groups in total. The highest BCUT2D eigenvalue weighted by Gasteiger charge is 1.91. The molecule has 0 spiro atoms. The van der Waals surface area contributed by atoms with Crippen LogP contribution in [0.1, 0.15) is 5.69 Å². The van der Waals surface area contributed by atoms with E-state index in [9.17, 15) is 0 Å². The van der Waals surface area contributed by atoms with Gasteiger partial charge in [0, 0.05) is 0 Å². The van der Waals surface area contributed by atoms with Gasteiger partial charge in [0.25, 0.3) is 0 Å². The third kappa shape index (κ3) is 1.54. The van der Waals surface area contributed by atoms with E-state index in [2.05, 4.69) is 16.3 Å². The van der Waals surface area contributed by atoms with Crippen LogP contribution in [0.5, 0.6) is 0 Å². The summed E-state index contributed by atoms with van der Waals surface area (Å²) in [6.45, 7) is 5.50. The number of anilines is 1. The molecular formula is C6H8N2S. The minimum absolute atomic E-state index is 1.04. The summed E-state index contributed by atoms with van der Waals surface area (Å²) < 4.78 is 4.07. The first kappa shape index (κ1) is 6.29. The lowest BCUT2D eigenvalue weighted by Gasteiger charge is -1.87. The molecule has 9 heavy (non-hydrogen) atoms. The molecule has 0 saturated heterocycles. The highest BCUT2D eigenvalue weighted by molar-refractivity contribution is 7.10. The van der Waals surface area contributed by atoms with E-state index in [4.69, 9.17) is 0 Å². The Balaban J connectivity index is 2.72. The standard InChI is InChI=1S/C6H8N2S/c1-3-7-6-4-5(2)8-9-6/h3-4,7H,1H2,2H3. The maximum atomic E-state index is 4.07. The lowest BCUT2D eigenvalue weighted by atomic mass is 10.5. The predicted molar refractivity (Wildman–Crippen MR) is 40.7 cm³/mol. The fourth-order valence-corrected chi connectivity index (χ4v) is 1.19. The van der Waals surface area contributed by atoms with Crippen LogP contribution < -0.4 is 5.32 Å². The van der Waals surface area contributed by atoms with E-state index in [0.29, 0.717) is 0 Å². The zero-order chi connectivity index (χ0) is 6.69. The maximum absolute atomic E-state index is 4.07. The summed E-state index contributed by atoms with van der Waals surface area (Å²) >= 11 is 1.44. The molecule has 0 fully saturated rings. The van der Waals surface area contributed by atoms with Gasteiger partial charge >= 0.3 is 0 Å². The Morgan fingerprint density at radius 1 is 1.89 bits per heavy atom. The maximum Gasteiger partial charge on any atom is 0.113 e. The minimum Gasteiger partial charge on any atom is -0.353 e. The van der Waals surface area contributed by atoms with E-state index in [-0.39, 0.29) is 0 Å². The first-order chi connectivity index (χ1) is 4.33. The third-order valence-electron chi connectivity index (χ3n) is 0.872. The molecule has 0 aromatic carbocycles. The van der Waals surface area contributed by atoms with Crippen LogP contribution in [0.2, 0.25) is 0 Å². The second kappa shape index (κ2) is 2.64. The van der Waals surface area contributed by atoms with Crippen molar-refractivity contribution < 1.29 is 0 Å². The van der Waals surface area contributed by atoms with Gasteiger partial charge in [-0.25, -0.2) is 0 Å². The van der Waals surface area contributed by atoms with Gasteiger partial charge in [-0.2, -0.15) is 4.37 Å². The number of aryl methyl sites for hydroxylation is 1. The van der Waals surface area contributed by atoms with E-state index in [1.54, 1.807) is 6.20 Å². The van der Waals surface area contributed by atoms with Crippen LogP contribution in [-0.4, -0.2) is 4.37 Å². The molecule has 48 valence electrons. The summed E-state index contributed by atoms with van der Waals surface area (Å²) in [6, 6.07) is 1.98. The summed E-state index contributed by atoms with van der Waals surface area (Å²) in [6.07, 6.45) is 1.65. The number of nitrogens with one attached hydrogen (secondary N) is 1. The Morgan fingerprint density at radius 2 is 2.67 bits per heavy atom. The highest BCUT2D eigenvalue weighted by atomic mass is 32.1. The first-order valence-corrected chi connectivity index (χ1v) is 3.41. The molecule has 0 bridgehead atoms. The fraction of sp³-hybridized carbons (Fsp3) is 0.167. The zero-order valence-corrected chi connectivity index (χ0v) is 6.03. The van der Waals surface area contributed by atoms with E-state index in [1.165, 1.54) is 11.5 Å². The second-order valence-corrected chi connectivity index (χ2v) is 2.49. The Kier molecular flexibility index (Phi) is 1.85. The van der Waals surface area contributed by atoms with Crippen molar-refractivity contribution in [1.29, 1.82) is 0 Å². The SMILES string of the molecule is C=CNc1cc(C)ns1. The predicted octanol–water partition coefficient (Wildman–Crippen LogP) is 2.01. The van der Waals surface area contributed by atoms with Gasteiger partial charge in [0.05, 0.1) is 5.69 Å². The summed E-state index contributed by atoms with van der Waals surface area (Å²) in [5.41, 5.74) is 1.05. The van der Waals surface area contributed by atoms with Gasteiger partial charge in [-0.3, -0.25) is 0 Å². The summed E-state index contributed by atoms with van der Waals surface area (Å²) in [4.78, 5) is 0. The Morgan fingerprint density at radius 3 is 3.11 bits per heavy atom. The van der Waals surface area contributed by atoms with Crippen LogP contribution in [0.4, 0.5) is 5.00 Å². The van der Waals surface area contributed by atoms with Crippen LogP contribution >= 0.6 is 11.5 Å². The van der Waals surface area contributed by atoms with Gasteiger partial charge in [0.1, 0.15) is 5.00 Å². The van der Waals surface area contributed by atoms with E-state index in [1.807, 2.05) is 13.0 Å². The molecule has 2 nitrogen and oxygen atoms in total. The zero-order valence-electron chi connectivity index (χ0n) is 5.22. The second-order valence-electron chi connectivity index (χ2n) is 1.68. The van der Waals surface area contributed by atoms with Crippen molar-refractivity contribution in [2.45, 2.75) is 6.92 Å². The van der Waals surface area contributed by atoms with Gasteiger partial charge < -0.3 is 5.32 Å². The summed E-state index contributed by atoms with van der Waals surface area (Å²) in [7, 11) is 0. The number of rotatable bonds is 2. The number of hydrogen-bond donors (Lipinski definition) is 1. The Bertz CT molecular complexity index is 205. The Labute approximate surface area is 58.4 Å². The van der Waals surface area contributed by atoms with Crippen molar-refractivity contribution in [3.05, 3.63) is 24.5 Å². The molecule has 3 heteroatoms. The topological polar surface area (TPSA) is 24.9 Å². The van der Waals surface area contributed by atoms with Crippen LogP contribution in [-0.2, 0) is 0 Å². The number of aromatic nitrogens is 1. The van der Waals surface area contributed by atoms with Crippen LogP contribution in [0, 0.1) is 6.92 Å². The molecular weight excluding hydrogens is 132 g/mol. The molecule has 0 aliphatic carbocycles. The summed E-state index contributed by atoms with van der Waals surface area (Å²) in [5.74, 6) is 0. The molecule has 0 unspecified atom stereocenters. The average molecular weight is 140 g/mol. The third-order valence-corrected chi connectivity index (χ3v) is 1.68. The quantitative estimate of drug-likeness (QED) is 0.679. The molecule has 1 aromatic heterocycles. The molecule has 0 radical (unpaired) electrons. The van der Waals surface area contributed by atoms with Crippen molar-refractivity contribution in [3.8, 4) is 0 Å². The van der Waals surface area contributed by atoms with Gasteiger partial charge in [-0.15, -0.1) is 0 Å².